The third-order valence-electron chi connectivity index (χ3n) is 5.36. The molecule has 0 atom stereocenters. The number of thiocarbonyl (C=S) groups is 1. The number of hydrogen-bond donors (Lipinski definition) is 1. The number of carbonyl (C=O) groups excluding carboxylic acids is 1. The van der Waals surface area contributed by atoms with Crippen molar-refractivity contribution in [3.8, 4) is 6.07 Å². The molecule has 0 saturated carbocycles. The normalized spacial score (nSPS) is 20.3. The Balaban J connectivity index is 1.88. The van der Waals surface area contributed by atoms with Crippen LogP contribution in [0, 0.1) is 11.3 Å². The van der Waals surface area contributed by atoms with Crippen molar-refractivity contribution in [2.24, 2.45) is 0 Å². The lowest BCUT2D eigenvalue weighted by atomic mass is 10.0. The van der Waals surface area contributed by atoms with Crippen molar-refractivity contribution >= 4 is 28.9 Å². The van der Waals surface area contributed by atoms with E-state index in [1.165, 1.54) is 6.07 Å². The minimum atomic E-state index is -4.71. The number of rotatable bonds is 4. The molecule has 0 aliphatic carbocycles. The molecule has 156 valence electrons. The van der Waals surface area contributed by atoms with Gasteiger partial charge in [0.15, 0.2) is 5.11 Å². The molecule has 2 aliphatic rings. The molecule has 29 heavy (non-hydrogen) atoms. The maximum Gasteiger partial charge on any atom is 0.417 e. The number of nitriles is 1. The Morgan fingerprint density at radius 1 is 1.24 bits per heavy atom. The molecular formula is C19H22F3N5OS. The Labute approximate surface area is 172 Å². The van der Waals surface area contributed by atoms with Crippen LogP contribution in [0.1, 0.15) is 25.0 Å². The molecule has 6 nitrogen and oxygen atoms in total. The molecule has 1 aromatic carbocycles. The van der Waals surface area contributed by atoms with Gasteiger partial charge in [0.1, 0.15) is 5.54 Å². The number of benzene rings is 1. The number of carbonyl (C=O) groups is 1. The van der Waals surface area contributed by atoms with Crippen molar-refractivity contribution < 1.29 is 18.0 Å². The number of anilines is 1. The maximum atomic E-state index is 13.3. The Morgan fingerprint density at radius 3 is 2.48 bits per heavy atom. The van der Waals surface area contributed by atoms with Gasteiger partial charge in [-0.15, -0.1) is 0 Å². The van der Waals surface area contributed by atoms with E-state index in [9.17, 15) is 18.0 Å². The van der Waals surface area contributed by atoms with Crippen LogP contribution in [-0.2, 0) is 11.0 Å². The first-order valence-electron chi connectivity index (χ1n) is 9.28. The van der Waals surface area contributed by atoms with Crippen LogP contribution in [0.15, 0.2) is 18.2 Å². The second-order valence-corrected chi connectivity index (χ2v) is 7.93. The van der Waals surface area contributed by atoms with Crippen molar-refractivity contribution in [3.05, 3.63) is 29.3 Å². The van der Waals surface area contributed by atoms with E-state index in [1.54, 1.807) is 24.8 Å². The molecule has 0 aromatic heterocycles. The number of nitrogens with zero attached hydrogens (tertiary/aromatic N) is 4. The molecule has 0 unspecified atom stereocenters. The molecule has 2 aliphatic heterocycles. The third-order valence-corrected chi connectivity index (χ3v) is 5.76. The Bertz CT molecular complexity index is 858. The molecule has 1 amide bonds. The minimum absolute atomic E-state index is 0.0177. The molecule has 1 aromatic rings. The lowest BCUT2D eigenvalue weighted by Gasteiger charge is -2.33. The molecule has 0 radical (unpaired) electrons. The Kier molecular flexibility index (Phi) is 5.85. The van der Waals surface area contributed by atoms with Gasteiger partial charge in [0.25, 0.3) is 5.91 Å². The number of nitrogens with one attached hydrogen (secondary N) is 1. The fraction of sp³-hybridized carbons (Fsp3) is 0.526. The van der Waals surface area contributed by atoms with Gasteiger partial charge in [-0.05, 0) is 44.3 Å². The quantitative estimate of drug-likeness (QED) is 0.747. The van der Waals surface area contributed by atoms with Crippen LogP contribution in [-0.4, -0.2) is 65.6 Å². The molecular weight excluding hydrogens is 403 g/mol. The van der Waals surface area contributed by atoms with E-state index in [2.05, 4.69) is 10.2 Å². The van der Waals surface area contributed by atoms with Crippen LogP contribution >= 0.6 is 12.2 Å². The predicted molar refractivity (Wildman–Crippen MR) is 106 cm³/mol. The fourth-order valence-corrected chi connectivity index (χ4v) is 4.13. The van der Waals surface area contributed by atoms with Crippen molar-refractivity contribution in [1.29, 1.82) is 5.26 Å². The van der Waals surface area contributed by atoms with Gasteiger partial charge in [0.05, 0.1) is 22.9 Å². The number of alkyl halides is 3. The summed E-state index contributed by atoms with van der Waals surface area (Å²) in [6, 6.07) is 4.77. The number of hydrogen-bond acceptors (Lipinski definition) is 5. The third kappa shape index (κ3) is 4.08. The van der Waals surface area contributed by atoms with Crippen molar-refractivity contribution in [3.63, 3.8) is 0 Å². The van der Waals surface area contributed by atoms with Gasteiger partial charge in [-0.1, -0.05) is 0 Å². The van der Waals surface area contributed by atoms with E-state index in [4.69, 9.17) is 17.5 Å². The zero-order valence-corrected chi connectivity index (χ0v) is 17.0. The molecule has 10 heteroatoms. The number of amides is 1. The fourth-order valence-electron chi connectivity index (χ4n) is 3.62. The lowest BCUT2D eigenvalue weighted by molar-refractivity contribution is -0.137. The molecule has 2 heterocycles. The first kappa shape index (κ1) is 21.5. The number of piperazine rings is 1. The summed E-state index contributed by atoms with van der Waals surface area (Å²) >= 11 is 5.49. The highest BCUT2D eigenvalue weighted by molar-refractivity contribution is 7.80. The zero-order valence-electron chi connectivity index (χ0n) is 16.2. The SMILES string of the molecule is CC1(C)C(=O)N(c2ccc(C#N)c(C(F)(F)F)c2)C(=S)N1CCN1CCNCC1. The van der Waals surface area contributed by atoms with Crippen LogP contribution in [0.2, 0.25) is 0 Å². The largest absolute Gasteiger partial charge is 0.417 e. The van der Waals surface area contributed by atoms with E-state index in [0.29, 0.717) is 13.1 Å². The van der Waals surface area contributed by atoms with Crippen molar-refractivity contribution in [2.45, 2.75) is 25.6 Å². The Morgan fingerprint density at radius 2 is 1.90 bits per heavy atom. The van der Waals surface area contributed by atoms with E-state index in [-0.39, 0.29) is 16.7 Å². The van der Waals surface area contributed by atoms with Crippen LogP contribution in [0.3, 0.4) is 0 Å². The summed E-state index contributed by atoms with van der Waals surface area (Å²) in [4.78, 5) is 18.2. The van der Waals surface area contributed by atoms with Crippen LogP contribution in [0.25, 0.3) is 0 Å². The van der Waals surface area contributed by atoms with Gasteiger partial charge in [-0.25, -0.2) is 0 Å². The summed E-state index contributed by atoms with van der Waals surface area (Å²) in [6.45, 7) is 8.20. The van der Waals surface area contributed by atoms with Crippen LogP contribution < -0.4 is 10.2 Å². The van der Waals surface area contributed by atoms with Gasteiger partial charge in [0.2, 0.25) is 0 Å². The molecule has 0 spiro atoms. The first-order chi connectivity index (χ1) is 13.6. The summed E-state index contributed by atoms with van der Waals surface area (Å²) in [5.74, 6) is -0.388. The van der Waals surface area contributed by atoms with E-state index < -0.39 is 22.8 Å². The highest BCUT2D eigenvalue weighted by atomic mass is 32.1. The molecule has 3 rings (SSSR count). The van der Waals surface area contributed by atoms with E-state index >= 15 is 0 Å². The summed E-state index contributed by atoms with van der Waals surface area (Å²) in [6.07, 6.45) is -4.71. The van der Waals surface area contributed by atoms with Crippen LogP contribution in [0.4, 0.5) is 18.9 Å². The maximum absolute atomic E-state index is 13.3. The molecule has 0 bridgehead atoms. The van der Waals surface area contributed by atoms with Gasteiger partial charge in [0, 0.05) is 39.3 Å². The summed E-state index contributed by atoms with van der Waals surface area (Å²) < 4.78 is 40.0. The monoisotopic (exact) mass is 425 g/mol. The second kappa shape index (κ2) is 7.89. The lowest BCUT2D eigenvalue weighted by Crippen LogP contribution is -2.50. The van der Waals surface area contributed by atoms with E-state index in [1.807, 2.05) is 0 Å². The predicted octanol–water partition coefficient (Wildman–Crippen LogP) is 2.19. The second-order valence-electron chi connectivity index (χ2n) is 7.56. The highest BCUT2D eigenvalue weighted by Crippen LogP contribution is 2.37. The summed E-state index contributed by atoms with van der Waals surface area (Å²) in [5.41, 5.74) is -2.53. The van der Waals surface area contributed by atoms with Crippen molar-refractivity contribution in [1.82, 2.24) is 15.1 Å². The van der Waals surface area contributed by atoms with Gasteiger partial charge >= 0.3 is 6.18 Å². The average molecular weight is 425 g/mol. The zero-order chi connectivity index (χ0) is 21.4. The van der Waals surface area contributed by atoms with E-state index in [0.717, 1.165) is 43.2 Å². The van der Waals surface area contributed by atoms with Crippen LogP contribution in [0.5, 0.6) is 0 Å². The molecule has 2 fully saturated rings. The van der Waals surface area contributed by atoms with Gasteiger partial charge in [-0.2, -0.15) is 18.4 Å². The smallest absolute Gasteiger partial charge is 0.333 e. The molecule has 1 N–H and O–H groups in total. The summed E-state index contributed by atoms with van der Waals surface area (Å²) in [5, 5.41) is 12.4. The molecule has 2 saturated heterocycles. The average Bonchev–Trinajstić information content (AvgIpc) is 2.84. The summed E-state index contributed by atoms with van der Waals surface area (Å²) in [7, 11) is 0. The van der Waals surface area contributed by atoms with Gasteiger partial charge in [-0.3, -0.25) is 14.6 Å². The first-order valence-corrected chi connectivity index (χ1v) is 9.69. The minimum Gasteiger partial charge on any atom is -0.333 e. The highest BCUT2D eigenvalue weighted by Gasteiger charge is 2.49. The van der Waals surface area contributed by atoms with Gasteiger partial charge < -0.3 is 10.2 Å². The Hall–Kier alpha value is -2.22. The topological polar surface area (TPSA) is 62.6 Å². The van der Waals surface area contributed by atoms with Crippen molar-refractivity contribution in [2.75, 3.05) is 44.2 Å². The number of halogens is 3. The standard InChI is InChI=1S/C19H22F3N5OS/c1-18(2)16(28)27(14-4-3-13(12-23)15(11-14)19(20,21)22)17(29)26(18)10-9-25-7-5-24-6-8-25/h3-4,11,24H,5-10H2,1-2H3.